The summed E-state index contributed by atoms with van der Waals surface area (Å²) in [6, 6.07) is 13.5. The molecule has 3 amide bonds. The number of amides is 3. The van der Waals surface area contributed by atoms with Crippen LogP contribution < -0.4 is 25.7 Å². The summed E-state index contributed by atoms with van der Waals surface area (Å²) >= 11 is 0. The van der Waals surface area contributed by atoms with E-state index in [-0.39, 0.29) is 34.7 Å². The lowest BCUT2D eigenvalue weighted by molar-refractivity contribution is 0.102. The molecular weight excluding hydrogens is 479 g/mol. The Labute approximate surface area is 212 Å². The third-order valence-electron chi connectivity index (χ3n) is 6.85. The largest absolute Gasteiger partial charge is 0.497 e. The summed E-state index contributed by atoms with van der Waals surface area (Å²) in [5.41, 5.74) is 1.54. The van der Waals surface area contributed by atoms with E-state index < -0.39 is 11.7 Å². The molecule has 0 radical (unpaired) electrons. The van der Waals surface area contributed by atoms with Gasteiger partial charge in [-0.05, 0) is 48.7 Å². The van der Waals surface area contributed by atoms with Crippen molar-refractivity contribution in [1.29, 1.82) is 0 Å². The minimum atomic E-state index is -0.481. The molecule has 1 aromatic heterocycles. The number of hydrogen-bond donors (Lipinski definition) is 2. The van der Waals surface area contributed by atoms with Crippen LogP contribution >= 0.6 is 0 Å². The van der Waals surface area contributed by atoms with Crippen LogP contribution in [0.1, 0.15) is 28.4 Å². The van der Waals surface area contributed by atoms with Crippen molar-refractivity contribution >= 4 is 23.3 Å². The number of nitrogens with one attached hydrogen (secondary N) is 2. The molecule has 3 heterocycles. The van der Waals surface area contributed by atoms with Crippen LogP contribution in [-0.4, -0.2) is 48.7 Å². The number of likely N-dealkylation sites (tertiary alicyclic amines) is 1. The highest BCUT2D eigenvalue weighted by molar-refractivity contribution is 6.04. The van der Waals surface area contributed by atoms with Gasteiger partial charge in [0.2, 0.25) is 0 Å². The molecule has 37 heavy (non-hydrogen) atoms. The van der Waals surface area contributed by atoms with E-state index in [0.717, 1.165) is 12.1 Å². The zero-order valence-corrected chi connectivity index (χ0v) is 20.5. The predicted octanol–water partition coefficient (Wildman–Crippen LogP) is 3.91. The van der Waals surface area contributed by atoms with Crippen molar-refractivity contribution in [1.82, 2.24) is 9.47 Å². The van der Waals surface area contributed by atoms with E-state index in [4.69, 9.17) is 9.47 Å². The van der Waals surface area contributed by atoms with Crippen LogP contribution in [0.25, 0.3) is 0 Å². The zero-order valence-electron chi connectivity index (χ0n) is 20.5. The van der Waals surface area contributed by atoms with Crippen LogP contribution in [0.5, 0.6) is 11.5 Å². The summed E-state index contributed by atoms with van der Waals surface area (Å²) in [5, 5.41) is 5.57. The molecule has 2 atom stereocenters. The van der Waals surface area contributed by atoms with E-state index in [1.165, 1.54) is 24.3 Å². The number of carbonyl (C=O) groups is 2. The third-order valence-corrected chi connectivity index (χ3v) is 6.85. The van der Waals surface area contributed by atoms with Crippen molar-refractivity contribution < 1.29 is 23.5 Å². The Hall–Kier alpha value is -4.34. The summed E-state index contributed by atoms with van der Waals surface area (Å²) in [7, 11) is 3.09. The standard InChI is InChI=1S/C27H27FN4O5/c1-36-21-10-20(11-22(12-21)37-2)29-27(35)31-13-16-9-18(15-31)24-8-7-23(26(34)32(24)14-16)30-25(33)17-3-5-19(28)6-4-17/h3-8,10-12,16,18H,9,13-15H2,1-2H3,(H,29,35)(H,30,33)/t16-,18+/m0/s1. The molecule has 0 saturated carbocycles. The average Bonchev–Trinajstić information content (AvgIpc) is 2.90. The van der Waals surface area contributed by atoms with Gasteiger partial charge < -0.3 is 29.6 Å². The summed E-state index contributed by atoms with van der Waals surface area (Å²) in [4.78, 5) is 40.6. The third kappa shape index (κ3) is 5.00. The first kappa shape index (κ1) is 24.4. The maximum atomic E-state index is 13.2. The second-order valence-electron chi connectivity index (χ2n) is 9.28. The van der Waals surface area contributed by atoms with E-state index in [1.807, 2.05) is 6.07 Å². The Kier molecular flexibility index (Phi) is 6.56. The molecule has 2 aliphatic heterocycles. The normalized spacial score (nSPS) is 18.0. The molecule has 5 rings (SSSR count). The first-order valence-electron chi connectivity index (χ1n) is 11.9. The Balaban J connectivity index is 1.31. The van der Waals surface area contributed by atoms with Crippen LogP contribution in [0.15, 0.2) is 59.4 Å². The van der Waals surface area contributed by atoms with Crippen LogP contribution in [0.2, 0.25) is 0 Å². The lowest BCUT2D eigenvalue weighted by Gasteiger charge is -2.42. The van der Waals surface area contributed by atoms with Gasteiger partial charge in [0, 0.05) is 60.7 Å². The fourth-order valence-electron chi connectivity index (χ4n) is 5.08. The monoisotopic (exact) mass is 506 g/mol. The smallest absolute Gasteiger partial charge is 0.321 e. The van der Waals surface area contributed by atoms with E-state index in [1.54, 1.807) is 48.0 Å². The SMILES string of the molecule is COc1cc(NC(=O)N2C[C@@H]3C[C@H](C2)c2ccc(NC(=O)c4ccc(F)cc4)c(=O)n2C3)cc(OC)c1. The summed E-state index contributed by atoms with van der Waals surface area (Å²) < 4.78 is 25.4. The highest BCUT2D eigenvalue weighted by Crippen LogP contribution is 2.36. The summed E-state index contributed by atoms with van der Waals surface area (Å²) in [6.07, 6.45) is 0.873. The Morgan fingerprint density at radius 2 is 1.62 bits per heavy atom. The highest BCUT2D eigenvalue weighted by atomic mass is 19.1. The number of ether oxygens (including phenoxy) is 2. The molecule has 9 nitrogen and oxygen atoms in total. The molecule has 2 bridgehead atoms. The number of anilines is 2. The maximum absolute atomic E-state index is 13.2. The molecule has 1 fully saturated rings. The van der Waals surface area contributed by atoms with Crippen LogP contribution in [0.3, 0.4) is 0 Å². The molecule has 0 spiro atoms. The number of halogens is 1. The number of urea groups is 1. The Morgan fingerprint density at radius 1 is 0.919 bits per heavy atom. The number of nitrogens with zero attached hydrogens (tertiary/aromatic N) is 2. The molecular formula is C27H27FN4O5. The fourth-order valence-corrected chi connectivity index (χ4v) is 5.08. The number of hydrogen-bond acceptors (Lipinski definition) is 5. The maximum Gasteiger partial charge on any atom is 0.321 e. The number of piperidine rings is 1. The minimum Gasteiger partial charge on any atom is -0.497 e. The van der Waals surface area contributed by atoms with Gasteiger partial charge >= 0.3 is 6.03 Å². The number of fused-ring (bicyclic) bond motifs is 4. The van der Waals surface area contributed by atoms with E-state index in [2.05, 4.69) is 10.6 Å². The fraction of sp³-hybridized carbons (Fsp3) is 0.296. The van der Waals surface area contributed by atoms with Gasteiger partial charge in [-0.15, -0.1) is 0 Å². The Morgan fingerprint density at radius 3 is 2.30 bits per heavy atom. The molecule has 2 N–H and O–H groups in total. The van der Waals surface area contributed by atoms with Crippen molar-refractivity contribution in [2.45, 2.75) is 18.9 Å². The number of carbonyl (C=O) groups excluding carboxylic acids is 2. The number of aromatic nitrogens is 1. The number of pyridine rings is 1. The molecule has 0 aliphatic carbocycles. The zero-order chi connectivity index (χ0) is 26.1. The van der Waals surface area contributed by atoms with Gasteiger partial charge in [0.15, 0.2) is 0 Å². The average molecular weight is 507 g/mol. The van der Waals surface area contributed by atoms with E-state index >= 15 is 0 Å². The van der Waals surface area contributed by atoms with Gasteiger partial charge in [-0.1, -0.05) is 0 Å². The molecule has 192 valence electrons. The number of rotatable bonds is 5. The van der Waals surface area contributed by atoms with Crippen LogP contribution in [0, 0.1) is 11.7 Å². The van der Waals surface area contributed by atoms with Crippen molar-refractivity contribution in [3.63, 3.8) is 0 Å². The number of benzene rings is 2. The lowest BCUT2D eigenvalue weighted by Crippen LogP contribution is -2.50. The molecule has 0 unspecified atom stereocenters. The number of methoxy groups -OCH3 is 2. The van der Waals surface area contributed by atoms with Gasteiger partial charge in [-0.3, -0.25) is 9.59 Å². The molecule has 10 heteroatoms. The van der Waals surface area contributed by atoms with Crippen molar-refractivity contribution in [2.24, 2.45) is 5.92 Å². The summed E-state index contributed by atoms with van der Waals surface area (Å²) in [5.74, 6) is 0.306. The minimum absolute atomic E-state index is 0.00681. The van der Waals surface area contributed by atoms with Crippen molar-refractivity contribution in [2.75, 3.05) is 37.9 Å². The molecule has 3 aromatic rings. The van der Waals surface area contributed by atoms with E-state index in [9.17, 15) is 18.8 Å². The van der Waals surface area contributed by atoms with Gasteiger partial charge in [0.25, 0.3) is 11.5 Å². The predicted molar refractivity (Wildman–Crippen MR) is 136 cm³/mol. The van der Waals surface area contributed by atoms with Crippen LogP contribution in [0.4, 0.5) is 20.6 Å². The van der Waals surface area contributed by atoms with Crippen molar-refractivity contribution in [3.8, 4) is 11.5 Å². The molecule has 2 aromatic carbocycles. The van der Waals surface area contributed by atoms with Crippen molar-refractivity contribution in [3.05, 3.63) is 82.0 Å². The van der Waals surface area contributed by atoms with Crippen LogP contribution in [-0.2, 0) is 6.54 Å². The highest BCUT2D eigenvalue weighted by Gasteiger charge is 2.37. The quantitative estimate of drug-likeness (QED) is 0.547. The molecule has 1 saturated heterocycles. The van der Waals surface area contributed by atoms with Gasteiger partial charge in [-0.2, -0.15) is 0 Å². The van der Waals surface area contributed by atoms with Gasteiger partial charge in [-0.25, -0.2) is 9.18 Å². The topological polar surface area (TPSA) is 102 Å². The second kappa shape index (κ2) is 9.96. The molecule has 2 aliphatic rings. The first-order valence-corrected chi connectivity index (χ1v) is 11.9. The van der Waals surface area contributed by atoms with Gasteiger partial charge in [0.05, 0.1) is 14.2 Å². The lowest BCUT2D eigenvalue weighted by atomic mass is 9.83. The second-order valence-corrected chi connectivity index (χ2v) is 9.28. The first-order chi connectivity index (χ1) is 17.8. The summed E-state index contributed by atoms with van der Waals surface area (Å²) in [6.45, 7) is 1.41. The Bertz CT molecular complexity index is 1380. The van der Waals surface area contributed by atoms with E-state index in [0.29, 0.717) is 36.8 Å². The van der Waals surface area contributed by atoms with Gasteiger partial charge in [0.1, 0.15) is 23.0 Å².